The first-order valence-electron chi connectivity index (χ1n) is 9.36. The van der Waals surface area contributed by atoms with E-state index in [1.165, 1.54) is 5.57 Å². The van der Waals surface area contributed by atoms with Gasteiger partial charge in [-0.3, -0.25) is 0 Å². The zero-order chi connectivity index (χ0) is 19.3. The van der Waals surface area contributed by atoms with E-state index in [-0.39, 0.29) is 12.7 Å². The molecule has 6 heteroatoms. The summed E-state index contributed by atoms with van der Waals surface area (Å²) in [4.78, 5) is 0. The normalized spacial score (nSPS) is 19.0. The second-order valence-electron chi connectivity index (χ2n) is 7.04. The van der Waals surface area contributed by atoms with Gasteiger partial charge in [0.15, 0.2) is 23.0 Å². The van der Waals surface area contributed by atoms with Gasteiger partial charge in [-0.05, 0) is 42.2 Å². The molecule has 146 valence electrons. The topological polar surface area (TPSA) is 55.4 Å². The van der Waals surface area contributed by atoms with Crippen LogP contribution in [0.4, 0.5) is 0 Å². The summed E-state index contributed by atoms with van der Waals surface area (Å²) in [5.74, 6) is 5.29. The maximum Gasteiger partial charge on any atom is 0.231 e. The predicted octanol–water partition coefficient (Wildman–Crippen LogP) is 4.40. The van der Waals surface area contributed by atoms with Crippen LogP contribution in [0.1, 0.15) is 36.3 Å². The van der Waals surface area contributed by atoms with Crippen LogP contribution in [-0.4, -0.2) is 28.1 Å². The quantitative estimate of drug-likeness (QED) is 0.781. The molecule has 2 aliphatic heterocycles. The van der Waals surface area contributed by atoms with Crippen LogP contribution in [0.3, 0.4) is 0 Å². The van der Waals surface area contributed by atoms with Crippen LogP contribution >= 0.6 is 0 Å². The molecule has 6 nitrogen and oxygen atoms in total. The van der Waals surface area contributed by atoms with E-state index in [0.29, 0.717) is 17.2 Å². The third kappa shape index (κ3) is 2.47. The summed E-state index contributed by atoms with van der Waals surface area (Å²) in [5, 5.41) is 0. The minimum Gasteiger partial charge on any atom is -0.493 e. The van der Waals surface area contributed by atoms with Crippen LogP contribution in [-0.2, 0) is 0 Å². The Kier molecular flexibility index (Phi) is 4.00. The zero-order valence-corrected chi connectivity index (χ0v) is 16.2. The summed E-state index contributed by atoms with van der Waals surface area (Å²) < 4.78 is 34.1. The van der Waals surface area contributed by atoms with Crippen LogP contribution < -0.4 is 28.4 Å². The highest BCUT2D eigenvalue weighted by Crippen LogP contribution is 2.53. The van der Waals surface area contributed by atoms with Gasteiger partial charge in [-0.15, -0.1) is 0 Å². The molecule has 0 amide bonds. The van der Waals surface area contributed by atoms with Gasteiger partial charge < -0.3 is 28.4 Å². The van der Waals surface area contributed by atoms with Crippen LogP contribution in [0.5, 0.6) is 34.5 Å². The number of hydrogen-bond donors (Lipinski definition) is 0. The Morgan fingerprint density at radius 3 is 2.21 bits per heavy atom. The number of benzene rings is 2. The lowest BCUT2D eigenvalue weighted by Gasteiger charge is -2.29. The lowest BCUT2D eigenvalue weighted by Crippen LogP contribution is -2.14. The first-order valence-corrected chi connectivity index (χ1v) is 9.36. The van der Waals surface area contributed by atoms with Gasteiger partial charge in [-0.2, -0.15) is 0 Å². The van der Waals surface area contributed by atoms with Gasteiger partial charge in [0.2, 0.25) is 12.5 Å². The van der Waals surface area contributed by atoms with Gasteiger partial charge in [0.25, 0.3) is 0 Å². The van der Waals surface area contributed by atoms with Gasteiger partial charge in [0.05, 0.1) is 21.3 Å². The highest BCUT2D eigenvalue weighted by molar-refractivity contribution is 5.63. The minimum absolute atomic E-state index is 0.0458. The van der Waals surface area contributed by atoms with Crippen molar-refractivity contribution < 1.29 is 28.4 Å². The zero-order valence-electron chi connectivity index (χ0n) is 16.2. The number of ether oxygens (including phenoxy) is 6. The molecule has 1 unspecified atom stereocenters. The van der Waals surface area contributed by atoms with Crippen molar-refractivity contribution in [3.05, 3.63) is 46.7 Å². The number of fused-ring (bicyclic) bond motifs is 2. The Labute approximate surface area is 163 Å². The van der Waals surface area contributed by atoms with E-state index in [1.54, 1.807) is 21.3 Å². The molecule has 0 bridgehead atoms. The van der Waals surface area contributed by atoms with Crippen LogP contribution in [0, 0.1) is 0 Å². The Balaban J connectivity index is 1.71. The Bertz CT molecular complexity index is 952. The summed E-state index contributed by atoms with van der Waals surface area (Å²) in [5.41, 5.74) is 3.45. The molecule has 28 heavy (non-hydrogen) atoms. The van der Waals surface area contributed by atoms with Crippen molar-refractivity contribution in [1.82, 2.24) is 0 Å². The molecule has 0 saturated carbocycles. The highest BCUT2D eigenvalue weighted by atomic mass is 16.7. The molecule has 2 heterocycles. The first-order chi connectivity index (χ1) is 13.7. The second-order valence-corrected chi connectivity index (χ2v) is 7.04. The van der Waals surface area contributed by atoms with Crippen molar-refractivity contribution in [2.45, 2.75) is 25.2 Å². The lowest BCUT2D eigenvalue weighted by molar-refractivity contribution is 0.174. The van der Waals surface area contributed by atoms with Crippen molar-refractivity contribution in [3.63, 3.8) is 0 Å². The van der Waals surface area contributed by atoms with E-state index in [9.17, 15) is 0 Å². The number of allylic oxidation sites excluding steroid dienone is 2. The van der Waals surface area contributed by atoms with Crippen molar-refractivity contribution in [3.8, 4) is 34.5 Å². The monoisotopic (exact) mass is 382 g/mol. The standard InChI is InChI=1S/C22H22O6/c1-23-19-7-12(8-20(24-2)22(19)25-3)21-13-5-4-6-15(13)28-16-10-18-17(9-14(16)21)26-11-27-18/h7-10,21H,4-6,11H2,1-3H3. The minimum atomic E-state index is 0.0458. The van der Waals surface area contributed by atoms with Gasteiger partial charge in [0, 0.05) is 24.0 Å². The molecule has 1 atom stereocenters. The van der Waals surface area contributed by atoms with E-state index in [0.717, 1.165) is 53.4 Å². The van der Waals surface area contributed by atoms with E-state index in [4.69, 9.17) is 28.4 Å². The molecule has 2 aromatic rings. The maximum atomic E-state index is 6.25. The first kappa shape index (κ1) is 17.1. The maximum absolute atomic E-state index is 6.25. The summed E-state index contributed by atoms with van der Waals surface area (Å²) in [6.07, 6.45) is 3.04. The van der Waals surface area contributed by atoms with Crippen LogP contribution in [0.2, 0.25) is 0 Å². The fourth-order valence-electron chi connectivity index (χ4n) is 4.38. The fraction of sp³-hybridized carbons (Fsp3) is 0.364. The van der Waals surface area contributed by atoms with Crippen molar-refractivity contribution >= 4 is 0 Å². The molecule has 0 N–H and O–H groups in total. The second kappa shape index (κ2) is 6.55. The predicted molar refractivity (Wildman–Crippen MR) is 102 cm³/mol. The van der Waals surface area contributed by atoms with Gasteiger partial charge in [-0.25, -0.2) is 0 Å². The number of rotatable bonds is 4. The van der Waals surface area contributed by atoms with E-state index >= 15 is 0 Å². The largest absolute Gasteiger partial charge is 0.493 e. The summed E-state index contributed by atoms with van der Waals surface area (Å²) in [7, 11) is 4.89. The number of methoxy groups -OCH3 is 3. The third-order valence-electron chi connectivity index (χ3n) is 5.63. The van der Waals surface area contributed by atoms with E-state index < -0.39 is 0 Å². The average Bonchev–Trinajstić information content (AvgIpc) is 3.37. The summed E-state index contributed by atoms with van der Waals surface area (Å²) in [6, 6.07) is 8.02. The van der Waals surface area contributed by atoms with Crippen LogP contribution in [0.25, 0.3) is 0 Å². The van der Waals surface area contributed by atoms with E-state index in [1.807, 2.05) is 24.3 Å². The van der Waals surface area contributed by atoms with Gasteiger partial charge in [0.1, 0.15) is 11.5 Å². The molecule has 0 saturated heterocycles. The highest BCUT2D eigenvalue weighted by Gasteiger charge is 2.36. The smallest absolute Gasteiger partial charge is 0.231 e. The van der Waals surface area contributed by atoms with Crippen molar-refractivity contribution in [1.29, 1.82) is 0 Å². The molecule has 0 fully saturated rings. The summed E-state index contributed by atoms with van der Waals surface area (Å²) >= 11 is 0. The Hall–Kier alpha value is -3.02. The SMILES string of the molecule is COc1cc(C2C3=C(CCC3)Oc3cc4c(cc32)OCO4)cc(OC)c1OC. The molecule has 3 aliphatic rings. The molecule has 2 aromatic carbocycles. The molecular formula is C22H22O6. The average molecular weight is 382 g/mol. The molecule has 1 aliphatic carbocycles. The molecule has 5 rings (SSSR count). The summed E-state index contributed by atoms with van der Waals surface area (Å²) in [6.45, 7) is 0.236. The molecule has 0 spiro atoms. The van der Waals surface area contributed by atoms with Crippen molar-refractivity contribution in [2.75, 3.05) is 28.1 Å². The van der Waals surface area contributed by atoms with Gasteiger partial charge in [-0.1, -0.05) is 0 Å². The fourth-order valence-corrected chi connectivity index (χ4v) is 4.38. The third-order valence-corrected chi connectivity index (χ3v) is 5.63. The Morgan fingerprint density at radius 2 is 1.54 bits per heavy atom. The lowest BCUT2D eigenvalue weighted by atomic mass is 9.82. The van der Waals surface area contributed by atoms with Crippen molar-refractivity contribution in [2.24, 2.45) is 0 Å². The van der Waals surface area contributed by atoms with Gasteiger partial charge >= 0.3 is 0 Å². The van der Waals surface area contributed by atoms with Crippen LogP contribution in [0.15, 0.2) is 35.6 Å². The number of hydrogen-bond acceptors (Lipinski definition) is 6. The Morgan fingerprint density at radius 1 is 0.821 bits per heavy atom. The molecular weight excluding hydrogens is 360 g/mol. The molecule has 0 aromatic heterocycles. The van der Waals surface area contributed by atoms with E-state index in [2.05, 4.69) is 0 Å². The molecule has 0 radical (unpaired) electrons.